The average molecular weight is 367 g/mol. The lowest BCUT2D eigenvalue weighted by atomic mass is 10.2. The Morgan fingerprint density at radius 3 is 2.36 bits per heavy atom. The number of hydrogen-bond acceptors (Lipinski definition) is 3. The number of nitrogens with zero attached hydrogens (tertiary/aromatic N) is 3. The molecule has 1 aromatic heterocycles. The zero-order valence-corrected chi connectivity index (χ0v) is 16.1. The topological polar surface area (TPSA) is 55.2 Å². The van der Waals surface area contributed by atoms with Crippen molar-refractivity contribution >= 4 is 10.0 Å². The summed E-state index contributed by atoms with van der Waals surface area (Å²) in [5.41, 5.74) is 1.80. The van der Waals surface area contributed by atoms with Crippen LogP contribution in [0, 0.1) is 19.7 Å². The van der Waals surface area contributed by atoms with Crippen LogP contribution in [0.15, 0.2) is 29.2 Å². The van der Waals surface area contributed by atoms with Crippen molar-refractivity contribution in [3.8, 4) is 0 Å². The van der Waals surface area contributed by atoms with Crippen LogP contribution in [0.2, 0.25) is 0 Å². The molecular weight excluding hydrogens is 341 g/mol. The predicted molar refractivity (Wildman–Crippen MR) is 96.5 cm³/mol. The van der Waals surface area contributed by atoms with Crippen LogP contribution in [-0.2, 0) is 16.6 Å². The third-order valence-electron chi connectivity index (χ3n) is 4.08. The lowest BCUT2D eigenvalue weighted by Crippen LogP contribution is -2.33. The summed E-state index contributed by atoms with van der Waals surface area (Å²) in [6.45, 7) is 8.70. The normalized spacial score (nSPS) is 12.1. The summed E-state index contributed by atoms with van der Waals surface area (Å²) in [6, 6.07) is 6.26. The number of sulfonamides is 1. The van der Waals surface area contributed by atoms with Crippen molar-refractivity contribution in [2.24, 2.45) is 0 Å². The second-order valence-electron chi connectivity index (χ2n) is 6.19. The van der Waals surface area contributed by atoms with Gasteiger partial charge in [0.15, 0.2) is 0 Å². The summed E-state index contributed by atoms with van der Waals surface area (Å²) < 4.78 is 42.7. The molecule has 0 saturated carbocycles. The zero-order chi connectivity index (χ0) is 18.6. The largest absolute Gasteiger partial charge is 0.264 e. The highest BCUT2D eigenvalue weighted by Gasteiger charge is 2.30. The summed E-state index contributed by atoms with van der Waals surface area (Å²) in [4.78, 5) is 0.269. The Balaban J connectivity index is 2.41. The Bertz CT molecular complexity index is 825. The van der Waals surface area contributed by atoms with Crippen molar-refractivity contribution in [1.29, 1.82) is 0 Å². The lowest BCUT2D eigenvalue weighted by molar-refractivity contribution is 0.409. The Morgan fingerprint density at radius 1 is 1.16 bits per heavy atom. The minimum Gasteiger partial charge on any atom is -0.264 e. The summed E-state index contributed by atoms with van der Waals surface area (Å²) in [5, 5.41) is 4.39. The van der Waals surface area contributed by atoms with Gasteiger partial charge in [0.25, 0.3) is 0 Å². The van der Waals surface area contributed by atoms with Crippen molar-refractivity contribution in [3.05, 3.63) is 47.0 Å². The molecule has 25 heavy (non-hydrogen) atoms. The number of aryl methyl sites for hydroxylation is 1. The molecule has 0 aliphatic rings. The number of hydrogen-bond donors (Lipinski definition) is 0. The van der Waals surface area contributed by atoms with Gasteiger partial charge in [-0.2, -0.15) is 9.40 Å². The van der Waals surface area contributed by atoms with Crippen LogP contribution < -0.4 is 0 Å². The average Bonchev–Trinajstić information content (AvgIpc) is 2.81. The van der Waals surface area contributed by atoms with E-state index in [-0.39, 0.29) is 10.7 Å². The number of benzene rings is 1. The molecule has 0 spiro atoms. The first kappa shape index (κ1) is 19.6. The molecule has 0 saturated heterocycles. The van der Waals surface area contributed by atoms with Gasteiger partial charge in [0, 0.05) is 13.1 Å². The van der Waals surface area contributed by atoms with Crippen LogP contribution in [0.5, 0.6) is 0 Å². The fraction of sp³-hybridized carbons (Fsp3) is 0.500. The fourth-order valence-electron chi connectivity index (χ4n) is 3.00. The minimum atomic E-state index is -3.59. The lowest BCUT2D eigenvalue weighted by Gasteiger charge is -2.21. The third-order valence-corrected chi connectivity index (χ3v) is 6.23. The molecule has 0 bridgehead atoms. The van der Waals surface area contributed by atoms with E-state index in [1.807, 2.05) is 13.8 Å². The molecule has 2 rings (SSSR count). The van der Waals surface area contributed by atoms with E-state index in [2.05, 4.69) is 5.10 Å². The van der Waals surface area contributed by atoms with Crippen LogP contribution in [0.3, 0.4) is 0 Å². The molecular formula is C18H26FN3O2S. The molecule has 5 nitrogen and oxygen atoms in total. The molecule has 7 heteroatoms. The number of halogens is 1. The van der Waals surface area contributed by atoms with E-state index >= 15 is 0 Å². The molecule has 138 valence electrons. The first-order valence-electron chi connectivity index (χ1n) is 8.59. The molecule has 0 N–H and O–H groups in total. The highest BCUT2D eigenvalue weighted by atomic mass is 32.2. The van der Waals surface area contributed by atoms with E-state index in [9.17, 15) is 12.8 Å². The van der Waals surface area contributed by atoms with E-state index in [0.717, 1.165) is 18.4 Å². The fourth-order valence-corrected chi connectivity index (χ4v) is 4.99. The van der Waals surface area contributed by atoms with Crippen LogP contribution >= 0.6 is 0 Å². The van der Waals surface area contributed by atoms with Crippen molar-refractivity contribution in [2.45, 2.75) is 52.0 Å². The summed E-state index contributed by atoms with van der Waals surface area (Å²) in [6.07, 6.45) is 1.52. The predicted octanol–water partition coefficient (Wildman–Crippen LogP) is 3.50. The summed E-state index contributed by atoms with van der Waals surface area (Å²) in [7, 11) is -3.59. The van der Waals surface area contributed by atoms with Gasteiger partial charge in [-0.05, 0) is 44.4 Å². The Kier molecular flexibility index (Phi) is 6.35. The minimum absolute atomic E-state index is 0.269. The van der Waals surface area contributed by atoms with Crippen molar-refractivity contribution in [1.82, 2.24) is 14.1 Å². The van der Waals surface area contributed by atoms with Gasteiger partial charge in [0.05, 0.1) is 17.9 Å². The van der Waals surface area contributed by atoms with E-state index in [1.54, 1.807) is 30.7 Å². The van der Waals surface area contributed by atoms with Gasteiger partial charge in [-0.15, -0.1) is 0 Å². The second kappa shape index (κ2) is 8.10. The van der Waals surface area contributed by atoms with Crippen LogP contribution in [0.4, 0.5) is 4.39 Å². The van der Waals surface area contributed by atoms with Crippen LogP contribution in [-0.4, -0.2) is 35.6 Å². The van der Waals surface area contributed by atoms with Gasteiger partial charge < -0.3 is 0 Å². The maximum Gasteiger partial charge on any atom is 0.246 e. The smallest absolute Gasteiger partial charge is 0.246 e. The first-order chi connectivity index (χ1) is 11.8. The maximum absolute atomic E-state index is 13.4. The van der Waals surface area contributed by atoms with Gasteiger partial charge in [-0.25, -0.2) is 12.8 Å². The van der Waals surface area contributed by atoms with E-state index in [1.165, 1.54) is 16.4 Å². The van der Waals surface area contributed by atoms with Gasteiger partial charge in [-0.1, -0.05) is 26.0 Å². The van der Waals surface area contributed by atoms with Gasteiger partial charge in [-0.3, -0.25) is 4.68 Å². The highest BCUT2D eigenvalue weighted by Crippen LogP contribution is 2.24. The second-order valence-corrected chi connectivity index (χ2v) is 8.07. The highest BCUT2D eigenvalue weighted by molar-refractivity contribution is 7.89. The molecule has 1 heterocycles. The van der Waals surface area contributed by atoms with Crippen molar-refractivity contribution in [3.63, 3.8) is 0 Å². The summed E-state index contributed by atoms with van der Waals surface area (Å²) in [5.74, 6) is -0.316. The van der Waals surface area contributed by atoms with E-state index in [4.69, 9.17) is 0 Å². The number of rotatable bonds is 8. The molecule has 0 unspecified atom stereocenters. The molecule has 2 aromatic rings. The monoisotopic (exact) mass is 367 g/mol. The number of aromatic nitrogens is 2. The third kappa shape index (κ3) is 4.27. The van der Waals surface area contributed by atoms with Crippen LogP contribution in [0.25, 0.3) is 0 Å². The van der Waals surface area contributed by atoms with E-state index in [0.29, 0.717) is 31.0 Å². The Labute approximate surface area is 149 Å². The van der Waals surface area contributed by atoms with Crippen LogP contribution in [0.1, 0.15) is 43.6 Å². The molecule has 0 amide bonds. The summed E-state index contributed by atoms with van der Waals surface area (Å²) >= 11 is 0. The van der Waals surface area contributed by atoms with Gasteiger partial charge >= 0.3 is 0 Å². The maximum atomic E-state index is 13.4. The molecule has 1 aromatic carbocycles. The SMILES string of the molecule is CCCN(CCC)S(=O)(=O)c1c(C)nn(Cc2cccc(F)c2)c1C. The van der Waals surface area contributed by atoms with E-state index < -0.39 is 10.0 Å². The van der Waals surface area contributed by atoms with Crippen molar-refractivity contribution in [2.75, 3.05) is 13.1 Å². The first-order valence-corrected chi connectivity index (χ1v) is 10.0. The Hall–Kier alpha value is -1.73. The Morgan fingerprint density at radius 2 is 1.80 bits per heavy atom. The molecule has 0 radical (unpaired) electrons. The molecule has 0 aliphatic carbocycles. The van der Waals surface area contributed by atoms with Crippen molar-refractivity contribution < 1.29 is 12.8 Å². The molecule has 0 fully saturated rings. The quantitative estimate of drug-likeness (QED) is 0.717. The molecule has 0 atom stereocenters. The van der Waals surface area contributed by atoms with Gasteiger partial charge in [0.1, 0.15) is 10.7 Å². The van der Waals surface area contributed by atoms with Gasteiger partial charge in [0.2, 0.25) is 10.0 Å². The standard InChI is InChI=1S/C18H26FN3O2S/c1-5-10-21(11-6-2)25(23,24)18-14(3)20-22(15(18)4)13-16-8-7-9-17(19)12-16/h7-9,12H,5-6,10-11,13H2,1-4H3. The zero-order valence-electron chi connectivity index (χ0n) is 15.3. The molecule has 0 aliphatic heterocycles.